The zero-order chi connectivity index (χ0) is 17.6. The van der Waals surface area contributed by atoms with Gasteiger partial charge in [-0.15, -0.1) is 0 Å². The maximum Gasteiger partial charge on any atom is 0.219 e. The number of pyridine rings is 1. The summed E-state index contributed by atoms with van der Waals surface area (Å²) in [4.78, 5) is 26.5. The highest BCUT2D eigenvalue weighted by atomic mass is 16.5. The van der Waals surface area contributed by atoms with Crippen molar-refractivity contribution >= 4 is 11.7 Å². The Morgan fingerprint density at radius 3 is 3.04 bits per heavy atom. The van der Waals surface area contributed by atoms with Crippen molar-refractivity contribution in [3.8, 4) is 5.75 Å². The SMILES string of the molecule is CC(=O)N1CCc2c(nc(C)nc2NCCCOc2cccnc2)C1. The average Bonchev–Trinajstić information content (AvgIpc) is 2.61. The van der Waals surface area contributed by atoms with Gasteiger partial charge in [-0.2, -0.15) is 0 Å². The summed E-state index contributed by atoms with van der Waals surface area (Å²) < 4.78 is 5.64. The second-order valence-electron chi connectivity index (χ2n) is 6.05. The van der Waals surface area contributed by atoms with Crippen LogP contribution in [0.5, 0.6) is 5.75 Å². The summed E-state index contributed by atoms with van der Waals surface area (Å²) >= 11 is 0. The molecule has 0 saturated heterocycles. The number of anilines is 1. The number of amides is 1. The third-order valence-corrected chi connectivity index (χ3v) is 4.14. The first-order valence-electron chi connectivity index (χ1n) is 8.52. The molecular weight excluding hydrogens is 318 g/mol. The number of carbonyl (C=O) groups excluding carboxylic acids is 1. The van der Waals surface area contributed by atoms with Gasteiger partial charge in [0.05, 0.1) is 25.0 Å². The van der Waals surface area contributed by atoms with Crippen LogP contribution in [0, 0.1) is 6.92 Å². The van der Waals surface area contributed by atoms with Crippen LogP contribution in [0.15, 0.2) is 24.5 Å². The van der Waals surface area contributed by atoms with Crippen molar-refractivity contribution in [3.63, 3.8) is 0 Å². The number of aromatic nitrogens is 3. The summed E-state index contributed by atoms with van der Waals surface area (Å²) in [6, 6.07) is 3.75. The van der Waals surface area contributed by atoms with Gasteiger partial charge in [0, 0.05) is 31.8 Å². The number of hydrogen-bond donors (Lipinski definition) is 1. The molecule has 0 spiro atoms. The second kappa shape index (κ2) is 7.92. The van der Waals surface area contributed by atoms with Crippen LogP contribution in [0.1, 0.15) is 30.4 Å². The molecule has 132 valence electrons. The van der Waals surface area contributed by atoms with E-state index in [1.807, 2.05) is 24.0 Å². The number of rotatable bonds is 6. The van der Waals surface area contributed by atoms with Crippen molar-refractivity contribution < 1.29 is 9.53 Å². The van der Waals surface area contributed by atoms with Gasteiger partial charge in [0.2, 0.25) is 5.91 Å². The molecule has 25 heavy (non-hydrogen) atoms. The fourth-order valence-corrected chi connectivity index (χ4v) is 2.87. The number of nitrogens with one attached hydrogen (secondary N) is 1. The lowest BCUT2D eigenvalue weighted by Gasteiger charge is -2.28. The maximum absolute atomic E-state index is 11.6. The van der Waals surface area contributed by atoms with Gasteiger partial charge in [-0.25, -0.2) is 9.97 Å². The van der Waals surface area contributed by atoms with Crippen LogP contribution in [-0.2, 0) is 17.8 Å². The Bertz CT molecular complexity index is 736. The zero-order valence-corrected chi connectivity index (χ0v) is 14.7. The lowest BCUT2D eigenvalue weighted by atomic mass is 10.1. The Balaban J connectivity index is 1.55. The van der Waals surface area contributed by atoms with Crippen molar-refractivity contribution in [2.75, 3.05) is 25.0 Å². The number of hydrogen-bond acceptors (Lipinski definition) is 6. The molecular formula is C18H23N5O2. The van der Waals surface area contributed by atoms with Crippen molar-refractivity contribution in [1.82, 2.24) is 19.9 Å². The van der Waals surface area contributed by atoms with Crippen LogP contribution >= 0.6 is 0 Å². The molecule has 0 radical (unpaired) electrons. The molecule has 1 aliphatic rings. The van der Waals surface area contributed by atoms with Gasteiger partial charge in [-0.05, 0) is 31.9 Å². The number of ether oxygens (including phenoxy) is 1. The Kier molecular flexibility index (Phi) is 5.42. The van der Waals surface area contributed by atoms with E-state index in [-0.39, 0.29) is 5.91 Å². The Morgan fingerprint density at radius 2 is 2.28 bits per heavy atom. The van der Waals surface area contributed by atoms with Crippen LogP contribution < -0.4 is 10.1 Å². The highest BCUT2D eigenvalue weighted by molar-refractivity contribution is 5.73. The maximum atomic E-state index is 11.6. The fourth-order valence-electron chi connectivity index (χ4n) is 2.87. The fraction of sp³-hybridized carbons (Fsp3) is 0.444. The standard InChI is InChI=1S/C18H23N5O2/c1-13-21-17-12-23(14(2)24)9-6-16(17)18(22-13)20-8-4-10-25-15-5-3-7-19-11-15/h3,5,7,11H,4,6,8-10,12H2,1-2H3,(H,20,21,22). The van der Waals surface area contributed by atoms with Gasteiger partial charge >= 0.3 is 0 Å². The number of nitrogens with zero attached hydrogens (tertiary/aromatic N) is 4. The molecule has 0 saturated carbocycles. The third-order valence-electron chi connectivity index (χ3n) is 4.14. The molecule has 0 atom stereocenters. The first-order chi connectivity index (χ1) is 12.1. The molecule has 0 aliphatic carbocycles. The molecule has 0 aromatic carbocycles. The summed E-state index contributed by atoms with van der Waals surface area (Å²) in [6.45, 7) is 6.13. The molecule has 2 aromatic heterocycles. The Morgan fingerprint density at radius 1 is 1.40 bits per heavy atom. The quantitative estimate of drug-likeness (QED) is 0.809. The second-order valence-corrected chi connectivity index (χ2v) is 6.05. The van der Waals surface area contributed by atoms with E-state index >= 15 is 0 Å². The van der Waals surface area contributed by atoms with E-state index in [4.69, 9.17) is 4.74 Å². The van der Waals surface area contributed by atoms with Gasteiger partial charge in [-0.1, -0.05) is 0 Å². The Labute approximate surface area is 147 Å². The zero-order valence-electron chi connectivity index (χ0n) is 14.7. The average molecular weight is 341 g/mol. The first-order valence-corrected chi connectivity index (χ1v) is 8.52. The molecule has 3 rings (SSSR count). The Hall–Kier alpha value is -2.70. The molecule has 0 unspecified atom stereocenters. The summed E-state index contributed by atoms with van der Waals surface area (Å²) in [5.74, 6) is 2.47. The van der Waals surface area contributed by atoms with Crippen molar-refractivity contribution in [2.24, 2.45) is 0 Å². The van der Waals surface area contributed by atoms with E-state index in [0.717, 1.165) is 48.0 Å². The van der Waals surface area contributed by atoms with E-state index in [9.17, 15) is 4.79 Å². The molecule has 0 fully saturated rings. The van der Waals surface area contributed by atoms with Crippen molar-refractivity contribution in [2.45, 2.75) is 33.2 Å². The summed E-state index contributed by atoms with van der Waals surface area (Å²) in [5.41, 5.74) is 2.07. The van der Waals surface area contributed by atoms with Gasteiger partial charge in [0.15, 0.2) is 0 Å². The van der Waals surface area contributed by atoms with Crippen LogP contribution in [0.2, 0.25) is 0 Å². The van der Waals surface area contributed by atoms with Gasteiger partial charge in [0.25, 0.3) is 0 Å². The van der Waals surface area contributed by atoms with Crippen LogP contribution in [-0.4, -0.2) is 45.5 Å². The van der Waals surface area contributed by atoms with E-state index in [1.54, 1.807) is 19.3 Å². The van der Waals surface area contributed by atoms with E-state index in [1.165, 1.54) is 0 Å². The number of carbonyl (C=O) groups is 1. The van der Waals surface area contributed by atoms with Gasteiger partial charge < -0.3 is 15.0 Å². The van der Waals surface area contributed by atoms with Crippen LogP contribution in [0.3, 0.4) is 0 Å². The predicted octanol–water partition coefficient (Wildman–Crippen LogP) is 1.97. The first kappa shape index (κ1) is 17.1. The molecule has 7 heteroatoms. The smallest absolute Gasteiger partial charge is 0.219 e. The van der Waals surface area contributed by atoms with Gasteiger partial charge in [-0.3, -0.25) is 9.78 Å². The van der Waals surface area contributed by atoms with Crippen molar-refractivity contribution in [3.05, 3.63) is 41.6 Å². The predicted molar refractivity (Wildman–Crippen MR) is 94.4 cm³/mol. The summed E-state index contributed by atoms with van der Waals surface area (Å²) in [7, 11) is 0. The topological polar surface area (TPSA) is 80.2 Å². The van der Waals surface area contributed by atoms with Crippen LogP contribution in [0.4, 0.5) is 5.82 Å². The lowest BCUT2D eigenvalue weighted by molar-refractivity contribution is -0.129. The number of fused-ring (bicyclic) bond motifs is 1. The van der Waals surface area contributed by atoms with E-state index in [2.05, 4.69) is 20.3 Å². The van der Waals surface area contributed by atoms with E-state index in [0.29, 0.717) is 19.7 Å². The molecule has 1 aliphatic heterocycles. The molecule has 0 bridgehead atoms. The molecule has 3 heterocycles. The molecule has 7 nitrogen and oxygen atoms in total. The molecule has 2 aromatic rings. The molecule has 1 amide bonds. The summed E-state index contributed by atoms with van der Waals surface area (Å²) in [6.07, 6.45) is 5.07. The normalized spacial score (nSPS) is 13.3. The third kappa shape index (κ3) is 4.43. The minimum atomic E-state index is 0.0870. The minimum absolute atomic E-state index is 0.0870. The largest absolute Gasteiger partial charge is 0.492 e. The monoisotopic (exact) mass is 341 g/mol. The van der Waals surface area contributed by atoms with Gasteiger partial charge in [0.1, 0.15) is 17.4 Å². The van der Waals surface area contributed by atoms with Crippen LogP contribution in [0.25, 0.3) is 0 Å². The van der Waals surface area contributed by atoms with E-state index < -0.39 is 0 Å². The number of aryl methyl sites for hydroxylation is 1. The lowest BCUT2D eigenvalue weighted by Crippen LogP contribution is -2.35. The summed E-state index contributed by atoms with van der Waals surface area (Å²) in [5, 5.41) is 3.39. The highest BCUT2D eigenvalue weighted by Gasteiger charge is 2.22. The minimum Gasteiger partial charge on any atom is -0.492 e. The highest BCUT2D eigenvalue weighted by Crippen LogP contribution is 2.23. The van der Waals surface area contributed by atoms with Crippen molar-refractivity contribution in [1.29, 1.82) is 0 Å². The molecule has 1 N–H and O–H groups in total.